The third kappa shape index (κ3) is 4.45. The van der Waals surface area contributed by atoms with Crippen molar-refractivity contribution in [3.05, 3.63) is 69.9 Å². The average Bonchev–Trinajstić information content (AvgIpc) is 3.15. The van der Waals surface area contributed by atoms with E-state index in [0.29, 0.717) is 13.1 Å². The molecule has 0 aliphatic carbocycles. The van der Waals surface area contributed by atoms with Crippen LogP contribution in [0.25, 0.3) is 0 Å². The zero-order valence-corrected chi connectivity index (χ0v) is 18.6. The molecule has 0 N–H and O–H groups in total. The van der Waals surface area contributed by atoms with Gasteiger partial charge in [-0.2, -0.15) is 0 Å². The van der Waals surface area contributed by atoms with Gasteiger partial charge < -0.3 is 9.80 Å². The van der Waals surface area contributed by atoms with Crippen LogP contribution in [0, 0.1) is 12.3 Å². The average molecular weight is 411 g/mol. The van der Waals surface area contributed by atoms with Crippen LogP contribution in [0.1, 0.15) is 48.4 Å². The maximum absolute atomic E-state index is 13.4. The second-order valence-electron chi connectivity index (χ2n) is 8.62. The maximum atomic E-state index is 13.4. The highest BCUT2D eigenvalue weighted by atomic mass is 32.1. The number of rotatable bonds is 5. The van der Waals surface area contributed by atoms with E-state index < -0.39 is 5.41 Å². The molecule has 0 spiro atoms. The van der Waals surface area contributed by atoms with Crippen molar-refractivity contribution in [1.29, 1.82) is 0 Å². The largest absolute Gasteiger partial charge is 0.330 e. The summed E-state index contributed by atoms with van der Waals surface area (Å²) in [5.41, 5.74) is 2.99. The molecular formula is C24H30N2O2S. The van der Waals surface area contributed by atoms with Crippen molar-refractivity contribution >= 4 is 23.2 Å². The zero-order valence-electron chi connectivity index (χ0n) is 17.8. The highest BCUT2D eigenvalue weighted by Gasteiger charge is 2.35. The highest BCUT2D eigenvalue weighted by molar-refractivity contribution is 7.10. The summed E-state index contributed by atoms with van der Waals surface area (Å²) in [6.07, 6.45) is 2.54. The SMILES string of the molecule is C=CCN(CC(=O)N1CCc2sccc2[C@H]1c1ccccc1C)C(=O)C(C)(C)C. The van der Waals surface area contributed by atoms with Crippen LogP contribution in [0.4, 0.5) is 0 Å². The molecule has 1 aliphatic heterocycles. The van der Waals surface area contributed by atoms with E-state index in [-0.39, 0.29) is 24.4 Å². The molecule has 1 atom stereocenters. The minimum absolute atomic E-state index is 0.0189. The molecule has 0 saturated heterocycles. The number of nitrogens with zero attached hydrogens (tertiary/aromatic N) is 2. The molecule has 29 heavy (non-hydrogen) atoms. The molecule has 1 aromatic carbocycles. The third-order valence-electron chi connectivity index (χ3n) is 5.37. The van der Waals surface area contributed by atoms with Gasteiger partial charge in [0.2, 0.25) is 11.8 Å². The van der Waals surface area contributed by atoms with Gasteiger partial charge in [0.25, 0.3) is 0 Å². The summed E-state index contributed by atoms with van der Waals surface area (Å²) >= 11 is 1.76. The summed E-state index contributed by atoms with van der Waals surface area (Å²) in [6.45, 7) is 12.6. The summed E-state index contributed by atoms with van der Waals surface area (Å²) in [7, 11) is 0. The van der Waals surface area contributed by atoms with Gasteiger partial charge in [-0.15, -0.1) is 17.9 Å². The molecule has 0 saturated carbocycles. The number of fused-ring (bicyclic) bond motifs is 1. The Bertz CT molecular complexity index is 910. The Kier molecular flexibility index (Phi) is 6.27. The van der Waals surface area contributed by atoms with Gasteiger partial charge in [-0.3, -0.25) is 9.59 Å². The van der Waals surface area contributed by atoms with Crippen molar-refractivity contribution in [3.8, 4) is 0 Å². The van der Waals surface area contributed by atoms with E-state index in [2.05, 4.69) is 37.1 Å². The lowest BCUT2D eigenvalue weighted by molar-refractivity contribution is -0.145. The van der Waals surface area contributed by atoms with E-state index in [1.807, 2.05) is 37.8 Å². The summed E-state index contributed by atoms with van der Waals surface area (Å²) in [4.78, 5) is 31.2. The van der Waals surface area contributed by atoms with E-state index in [0.717, 1.165) is 12.0 Å². The van der Waals surface area contributed by atoms with Crippen molar-refractivity contribution in [2.75, 3.05) is 19.6 Å². The van der Waals surface area contributed by atoms with Gasteiger partial charge in [0, 0.05) is 23.4 Å². The fourth-order valence-electron chi connectivity index (χ4n) is 3.92. The fraction of sp³-hybridized carbons (Fsp3) is 0.417. The molecule has 3 rings (SSSR count). The lowest BCUT2D eigenvalue weighted by atomic mass is 9.90. The number of hydrogen-bond acceptors (Lipinski definition) is 3. The summed E-state index contributed by atoms with van der Waals surface area (Å²) < 4.78 is 0. The molecule has 0 fully saturated rings. The van der Waals surface area contributed by atoms with Crippen LogP contribution < -0.4 is 0 Å². The Morgan fingerprint density at radius 3 is 2.62 bits per heavy atom. The molecule has 1 aromatic heterocycles. The van der Waals surface area contributed by atoms with Crippen LogP contribution in [0.2, 0.25) is 0 Å². The van der Waals surface area contributed by atoms with Crippen molar-refractivity contribution in [3.63, 3.8) is 0 Å². The lowest BCUT2D eigenvalue weighted by Crippen LogP contribution is -2.49. The van der Waals surface area contributed by atoms with Gasteiger partial charge in [0.1, 0.15) is 6.54 Å². The first-order chi connectivity index (χ1) is 13.7. The van der Waals surface area contributed by atoms with Crippen LogP contribution >= 0.6 is 11.3 Å². The van der Waals surface area contributed by atoms with E-state index in [9.17, 15) is 9.59 Å². The molecule has 0 unspecified atom stereocenters. The Labute approximate surface area is 177 Å². The Hall–Kier alpha value is -2.40. The first-order valence-electron chi connectivity index (χ1n) is 10.1. The van der Waals surface area contributed by atoms with Gasteiger partial charge in [-0.25, -0.2) is 0 Å². The van der Waals surface area contributed by atoms with Gasteiger partial charge in [0.05, 0.1) is 6.04 Å². The Balaban J connectivity index is 1.93. The van der Waals surface area contributed by atoms with Gasteiger partial charge >= 0.3 is 0 Å². The molecule has 4 nitrogen and oxygen atoms in total. The van der Waals surface area contributed by atoms with Crippen LogP contribution in [0.3, 0.4) is 0 Å². The number of aryl methyl sites for hydroxylation is 1. The van der Waals surface area contributed by atoms with E-state index in [1.54, 1.807) is 22.3 Å². The molecule has 5 heteroatoms. The minimum Gasteiger partial charge on any atom is -0.330 e. The standard InChI is InChI=1S/C24H30N2O2S/c1-6-13-25(23(28)24(3,4)5)16-21(27)26-14-11-20-19(12-15-29-20)22(26)18-10-8-7-9-17(18)2/h6-10,12,15,22H,1,11,13-14,16H2,2-5H3/t22-/m1/s1. The van der Waals surface area contributed by atoms with Crippen LogP contribution in [-0.4, -0.2) is 41.2 Å². The number of carbonyl (C=O) groups is 2. The van der Waals surface area contributed by atoms with Crippen molar-refractivity contribution in [1.82, 2.24) is 9.80 Å². The first kappa shape index (κ1) is 21.3. The van der Waals surface area contributed by atoms with Gasteiger partial charge in [-0.05, 0) is 41.5 Å². The van der Waals surface area contributed by atoms with Crippen LogP contribution in [0.15, 0.2) is 48.4 Å². The fourth-order valence-corrected chi connectivity index (χ4v) is 4.82. The number of hydrogen-bond donors (Lipinski definition) is 0. The second kappa shape index (κ2) is 8.54. The van der Waals surface area contributed by atoms with E-state index in [1.165, 1.54) is 16.0 Å². The molecule has 2 amide bonds. The smallest absolute Gasteiger partial charge is 0.243 e. The summed E-state index contributed by atoms with van der Waals surface area (Å²) in [5, 5.41) is 2.11. The zero-order chi connectivity index (χ0) is 21.2. The first-order valence-corrected chi connectivity index (χ1v) is 10.9. The summed E-state index contributed by atoms with van der Waals surface area (Å²) in [6, 6.07) is 10.3. The third-order valence-corrected chi connectivity index (χ3v) is 6.37. The molecule has 2 heterocycles. The highest BCUT2D eigenvalue weighted by Crippen LogP contribution is 2.39. The monoisotopic (exact) mass is 410 g/mol. The minimum atomic E-state index is -0.541. The van der Waals surface area contributed by atoms with Crippen LogP contribution in [-0.2, 0) is 16.0 Å². The number of thiophene rings is 1. The number of carbonyl (C=O) groups excluding carboxylic acids is 2. The topological polar surface area (TPSA) is 40.6 Å². The predicted molar refractivity (Wildman–Crippen MR) is 119 cm³/mol. The molecule has 1 aliphatic rings. The van der Waals surface area contributed by atoms with Crippen molar-refractivity contribution in [2.24, 2.45) is 5.41 Å². The normalized spacial score (nSPS) is 16.3. The Morgan fingerprint density at radius 1 is 1.24 bits per heavy atom. The maximum Gasteiger partial charge on any atom is 0.243 e. The van der Waals surface area contributed by atoms with Crippen molar-refractivity contribution in [2.45, 2.75) is 40.2 Å². The molecular weight excluding hydrogens is 380 g/mol. The number of amides is 2. The predicted octanol–water partition coefficient (Wildman–Crippen LogP) is 4.59. The molecule has 0 radical (unpaired) electrons. The second-order valence-corrected chi connectivity index (χ2v) is 9.62. The lowest BCUT2D eigenvalue weighted by Gasteiger charge is -2.38. The molecule has 154 valence electrons. The molecule has 0 bridgehead atoms. The van der Waals surface area contributed by atoms with Gasteiger partial charge in [-0.1, -0.05) is 51.1 Å². The van der Waals surface area contributed by atoms with E-state index >= 15 is 0 Å². The molecule has 2 aromatic rings. The Morgan fingerprint density at radius 2 is 1.97 bits per heavy atom. The summed E-state index contributed by atoms with van der Waals surface area (Å²) in [5.74, 6) is -0.0547. The van der Waals surface area contributed by atoms with E-state index in [4.69, 9.17) is 0 Å². The quantitative estimate of drug-likeness (QED) is 0.677. The number of benzene rings is 1. The van der Waals surface area contributed by atoms with Crippen molar-refractivity contribution < 1.29 is 9.59 Å². The van der Waals surface area contributed by atoms with Crippen LogP contribution in [0.5, 0.6) is 0 Å². The van der Waals surface area contributed by atoms with Gasteiger partial charge in [0.15, 0.2) is 0 Å².